The molecule has 0 spiro atoms. The van der Waals surface area contributed by atoms with Gasteiger partial charge in [-0.15, -0.1) is 0 Å². The Hall–Kier alpha value is -3.42. The maximum absolute atomic E-state index is 6.08. The molecule has 5 rings (SSSR count). The largest absolute Gasteiger partial charge is 0.385 e. The van der Waals surface area contributed by atoms with Crippen LogP contribution in [0.25, 0.3) is 5.82 Å². The van der Waals surface area contributed by atoms with Gasteiger partial charge in [-0.3, -0.25) is 4.98 Å². The molecule has 1 aliphatic rings. The lowest BCUT2D eigenvalue weighted by Gasteiger charge is -2.29. The smallest absolute Gasteiger partial charge is 0.170 e. The minimum absolute atomic E-state index is 0.0356. The fourth-order valence-electron chi connectivity index (χ4n) is 4.36. The van der Waals surface area contributed by atoms with E-state index in [2.05, 4.69) is 48.3 Å². The Morgan fingerprint density at radius 1 is 0.971 bits per heavy atom. The maximum Gasteiger partial charge on any atom is 0.170 e. The van der Waals surface area contributed by atoms with Crippen molar-refractivity contribution >= 4 is 34.6 Å². The summed E-state index contributed by atoms with van der Waals surface area (Å²) in [5.74, 6) is 0.813. The molecule has 4 heterocycles. The summed E-state index contributed by atoms with van der Waals surface area (Å²) < 4.78 is 2.10. The molecule has 3 aromatic heterocycles. The first-order valence-corrected chi connectivity index (χ1v) is 12.1. The van der Waals surface area contributed by atoms with Crippen molar-refractivity contribution in [1.29, 1.82) is 0 Å². The Morgan fingerprint density at radius 3 is 2.59 bits per heavy atom. The van der Waals surface area contributed by atoms with Gasteiger partial charge in [0, 0.05) is 43.1 Å². The molecule has 2 N–H and O–H groups in total. The zero-order valence-corrected chi connectivity index (χ0v) is 20.1. The first kappa shape index (κ1) is 22.4. The second-order valence-corrected chi connectivity index (χ2v) is 8.93. The van der Waals surface area contributed by atoms with Gasteiger partial charge in [-0.25, -0.2) is 4.98 Å². The normalized spacial score (nSPS) is 17.6. The number of pyridine rings is 2. The molecule has 1 aromatic carbocycles. The third kappa shape index (κ3) is 4.76. The van der Waals surface area contributed by atoms with Crippen molar-refractivity contribution in [3.63, 3.8) is 0 Å². The predicted octanol–water partition coefficient (Wildman–Crippen LogP) is 5.40. The van der Waals surface area contributed by atoms with Crippen LogP contribution in [0.2, 0.25) is 5.02 Å². The van der Waals surface area contributed by atoms with E-state index in [0.29, 0.717) is 5.02 Å². The number of halogens is 1. The van der Waals surface area contributed by atoms with Gasteiger partial charge in [0.05, 0.1) is 22.8 Å². The number of anilines is 1. The zero-order chi connectivity index (χ0) is 23.3. The van der Waals surface area contributed by atoms with Gasteiger partial charge >= 0.3 is 0 Å². The van der Waals surface area contributed by atoms with Crippen LogP contribution in [-0.2, 0) is 0 Å². The van der Waals surface area contributed by atoms with Gasteiger partial charge < -0.3 is 20.1 Å². The van der Waals surface area contributed by atoms with Crippen LogP contribution in [-0.4, -0.2) is 37.6 Å². The van der Waals surface area contributed by atoms with E-state index < -0.39 is 0 Å². The van der Waals surface area contributed by atoms with Crippen LogP contribution >= 0.6 is 23.8 Å². The molecule has 0 aliphatic carbocycles. The van der Waals surface area contributed by atoms with Gasteiger partial charge in [0.1, 0.15) is 5.82 Å². The lowest BCUT2D eigenvalue weighted by molar-refractivity contribution is 0.307. The number of hydrogen-bond donors (Lipinski definition) is 2. The van der Waals surface area contributed by atoms with E-state index in [-0.39, 0.29) is 12.1 Å². The van der Waals surface area contributed by atoms with E-state index in [1.807, 2.05) is 67.0 Å². The summed E-state index contributed by atoms with van der Waals surface area (Å²) in [5, 5.41) is 8.36. The van der Waals surface area contributed by atoms with E-state index in [1.165, 1.54) is 0 Å². The monoisotopic (exact) mass is 488 g/mol. The SMILES string of the molecule is S=C1N[C@@H](c2ccccn2)[C@H](c2cccn2-c2ccc(Cl)cn2)N1CCCNc1ccccc1. The number of nitrogens with zero attached hydrogens (tertiary/aromatic N) is 4. The highest BCUT2D eigenvalue weighted by molar-refractivity contribution is 7.80. The summed E-state index contributed by atoms with van der Waals surface area (Å²) in [6, 6.07) is 24.1. The van der Waals surface area contributed by atoms with Gasteiger partial charge in [0.25, 0.3) is 0 Å². The quantitative estimate of drug-likeness (QED) is 0.256. The third-order valence-electron chi connectivity index (χ3n) is 5.92. The average molecular weight is 489 g/mol. The Kier molecular flexibility index (Phi) is 6.74. The van der Waals surface area contributed by atoms with Crippen LogP contribution < -0.4 is 10.6 Å². The van der Waals surface area contributed by atoms with Gasteiger partial charge in [-0.2, -0.15) is 0 Å². The molecule has 1 aliphatic heterocycles. The lowest BCUT2D eigenvalue weighted by atomic mass is 10.0. The second kappa shape index (κ2) is 10.2. The number of nitrogens with one attached hydrogen (secondary N) is 2. The molecule has 0 unspecified atom stereocenters. The average Bonchev–Trinajstić information content (AvgIpc) is 3.48. The Balaban J connectivity index is 1.42. The number of aromatic nitrogens is 3. The second-order valence-electron chi connectivity index (χ2n) is 8.10. The van der Waals surface area contributed by atoms with Crippen molar-refractivity contribution in [3.05, 3.63) is 108 Å². The number of para-hydroxylation sites is 1. The number of rotatable bonds is 8. The predicted molar refractivity (Wildman–Crippen MR) is 140 cm³/mol. The fraction of sp³-hybridized carbons (Fsp3) is 0.192. The molecule has 6 nitrogen and oxygen atoms in total. The molecule has 0 saturated carbocycles. The summed E-state index contributed by atoms with van der Waals surface area (Å²) in [7, 11) is 0. The van der Waals surface area contributed by atoms with E-state index >= 15 is 0 Å². The highest BCUT2D eigenvalue weighted by Gasteiger charge is 2.41. The van der Waals surface area contributed by atoms with E-state index in [9.17, 15) is 0 Å². The molecule has 172 valence electrons. The highest BCUT2D eigenvalue weighted by atomic mass is 35.5. The molecule has 34 heavy (non-hydrogen) atoms. The third-order valence-corrected chi connectivity index (χ3v) is 6.49. The van der Waals surface area contributed by atoms with E-state index in [4.69, 9.17) is 23.8 Å². The van der Waals surface area contributed by atoms with Crippen LogP contribution in [0.3, 0.4) is 0 Å². The molecule has 2 atom stereocenters. The van der Waals surface area contributed by atoms with Crippen molar-refractivity contribution in [2.24, 2.45) is 0 Å². The van der Waals surface area contributed by atoms with Gasteiger partial charge in [-0.05, 0) is 67.2 Å². The zero-order valence-electron chi connectivity index (χ0n) is 18.5. The van der Waals surface area contributed by atoms with Gasteiger partial charge in [0.15, 0.2) is 5.11 Å². The maximum atomic E-state index is 6.08. The van der Waals surface area contributed by atoms with Gasteiger partial charge in [0.2, 0.25) is 0 Å². The molecule has 1 saturated heterocycles. The Morgan fingerprint density at radius 2 is 1.82 bits per heavy atom. The Labute approximate surface area is 209 Å². The van der Waals surface area contributed by atoms with Crippen LogP contribution in [0.4, 0.5) is 5.69 Å². The molecule has 0 amide bonds. The van der Waals surface area contributed by atoms with Crippen molar-refractivity contribution in [3.8, 4) is 5.82 Å². The summed E-state index contributed by atoms with van der Waals surface area (Å²) in [6.45, 7) is 1.66. The molecular formula is C26H25ClN6S. The van der Waals surface area contributed by atoms with E-state index in [1.54, 1.807) is 6.20 Å². The molecule has 4 aromatic rings. The summed E-state index contributed by atoms with van der Waals surface area (Å²) in [4.78, 5) is 11.4. The van der Waals surface area contributed by atoms with Crippen molar-refractivity contribution in [1.82, 2.24) is 24.8 Å². The van der Waals surface area contributed by atoms with Crippen molar-refractivity contribution in [2.45, 2.75) is 18.5 Å². The fourth-order valence-corrected chi connectivity index (χ4v) is 4.80. The van der Waals surface area contributed by atoms with Crippen LogP contribution in [0.1, 0.15) is 29.9 Å². The lowest BCUT2D eigenvalue weighted by Crippen LogP contribution is -2.32. The summed E-state index contributed by atoms with van der Waals surface area (Å²) >= 11 is 11.9. The first-order chi connectivity index (χ1) is 16.7. The van der Waals surface area contributed by atoms with Crippen LogP contribution in [0.5, 0.6) is 0 Å². The van der Waals surface area contributed by atoms with Crippen molar-refractivity contribution in [2.75, 3.05) is 18.4 Å². The minimum Gasteiger partial charge on any atom is -0.385 e. The summed E-state index contributed by atoms with van der Waals surface area (Å²) in [6.07, 6.45) is 6.45. The van der Waals surface area contributed by atoms with E-state index in [0.717, 1.165) is 47.5 Å². The highest BCUT2D eigenvalue weighted by Crippen LogP contribution is 2.39. The first-order valence-electron chi connectivity index (χ1n) is 11.3. The topological polar surface area (TPSA) is 58.0 Å². The number of thiocarbonyl (C=S) groups is 1. The number of benzene rings is 1. The van der Waals surface area contributed by atoms with Gasteiger partial charge in [-0.1, -0.05) is 35.9 Å². The van der Waals surface area contributed by atoms with Crippen LogP contribution in [0, 0.1) is 0 Å². The Bertz CT molecular complexity index is 1230. The minimum atomic E-state index is -0.0725. The summed E-state index contributed by atoms with van der Waals surface area (Å²) in [5.41, 5.74) is 3.17. The standard InChI is InChI=1S/C26H25ClN6S/c27-19-12-13-23(30-18-19)32-16-6-11-22(32)25-24(21-10-4-5-14-29-21)31-26(34)33(25)17-7-15-28-20-8-2-1-3-9-20/h1-6,8-14,16,18,24-25,28H,7,15,17H2,(H,31,34)/t24-,25-/m0/s1. The molecule has 8 heteroatoms. The molecule has 0 radical (unpaired) electrons. The molecular weight excluding hydrogens is 464 g/mol. The molecule has 1 fully saturated rings. The van der Waals surface area contributed by atoms with Crippen LogP contribution in [0.15, 0.2) is 91.4 Å². The number of hydrogen-bond acceptors (Lipinski definition) is 4. The molecule has 0 bridgehead atoms. The van der Waals surface area contributed by atoms with Crippen molar-refractivity contribution < 1.29 is 0 Å².